The number of ether oxygens (including phenoxy) is 1. The van der Waals surface area contributed by atoms with Gasteiger partial charge in [-0.05, 0) is 54.7 Å². The van der Waals surface area contributed by atoms with Crippen molar-refractivity contribution in [3.05, 3.63) is 63.4 Å². The number of carbonyl (C=O) groups is 2. The van der Waals surface area contributed by atoms with Crippen LogP contribution in [0.4, 0.5) is 0 Å². The summed E-state index contributed by atoms with van der Waals surface area (Å²) in [7, 11) is 1.55. The lowest BCUT2D eigenvalue weighted by Crippen LogP contribution is -2.54. The van der Waals surface area contributed by atoms with Crippen LogP contribution in [0.3, 0.4) is 0 Å². The molecule has 2 aliphatic rings. The van der Waals surface area contributed by atoms with Crippen LogP contribution in [0.1, 0.15) is 54.4 Å². The molecule has 5 rings (SSSR count). The minimum Gasteiger partial charge on any atom is -0.497 e. The average Bonchev–Trinajstić information content (AvgIpc) is 3.18. The van der Waals surface area contributed by atoms with Crippen LogP contribution >= 0.6 is 23.2 Å². The number of amides is 2. The Bertz CT molecular complexity index is 1310. The first-order valence-electron chi connectivity index (χ1n) is 10.6. The molecule has 1 saturated carbocycles. The van der Waals surface area contributed by atoms with Crippen LogP contribution in [0.15, 0.2) is 36.4 Å². The van der Waals surface area contributed by atoms with Gasteiger partial charge in [0, 0.05) is 11.5 Å². The maximum atomic E-state index is 13.6. The lowest BCUT2D eigenvalue weighted by atomic mass is 9.68. The maximum absolute atomic E-state index is 13.6. The maximum Gasteiger partial charge on any atom is 0.269 e. The van der Waals surface area contributed by atoms with Gasteiger partial charge in [0.05, 0.1) is 39.6 Å². The number of benzene rings is 2. The highest BCUT2D eigenvalue weighted by molar-refractivity contribution is 6.42. The molecule has 3 aromatic rings. The van der Waals surface area contributed by atoms with Gasteiger partial charge < -0.3 is 4.74 Å². The number of carbonyl (C=O) groups excluding carboxylic acids is 2. The first-order valence-corrected chi connectivity index (χ1v) is 11.4. The van der Waals surface area contributed by atoms with Crippen LogP contribution < -0.4 is 15.6 Å². The molecule has 2 bridgehead atoms. The number of nitrogens with zero attached hydrogens (tertiary/aromatic N) is 2. The fourth-order valence-corrected chi connectivity index (χ4v) is 5.73. The Balaban J connectivity index is 1.48. The lowest BCUT2D eigenvalue weighted by molar-refractivity contribution is -0.130. The molecule has 2 aliphatic carbocycles. The van der Waals surface area contributed by atoms with Crippen LogP contribution in [-0.4, -0.2) is 28.9 Å². The third-order valence-corrected chi connectivity index (χ3v) is 8.00. The van der Waals surface area contributed by atoms with Crippen molar-refractivity contribution in [2.75, 3.05) is 7.11 Å². The molecule has 2 aromatic carbocycles. The second-order valence-electron chi connectivity index (χ2n) is 9.07. The summed E-state index contributed by atoms with van der Waals surface area (Å²) >= 11 is 12.4. The monoisotopic (exact) mass is 484 g/mol. The molecule has 1 aromatic heterocycles. The standard InChI is InChI=1S/C24H22Cl2N4O3/c1-23(2)14-8-9-24(23,20-19(14)27-17-10-15(25)16(26)11-18(17)28-20)22(32)30-29-21(31)12-4-6-13(33-3)7-5-12/h4-7,10-11,14H,8-9H2,1-3H3,(H,29,31)(H,30,32). The second-order valence-corrected chi connectivity index (χ2v) is 9.88. The molecule has 0 saturated heterocycles. The summed E-state index contributed by atoms with van der Waals surface area (Å²) in [6, 6.07) is 10.0. The van der Waals surface area contributed by atoms with Gasteiger partial charge in [0.15, 0.2) is 0 Å². The Hall–Kier alpha value is -2.90. The molecule has 0 spiro atoms. The number of aromatic nitrogens is 2. The summed E-state index contributed by atoms with van der Waals surface area (Å²) in [5.74, 6) is -0.00631. The molecule has 2 atom stereocenters. The highest BCUT2D eigenvalue weighted by Gasteiger charge is 2.68. The summed E-state index contributed by atoms with van der Waals surface area (Å²) in [5.41, 5.74) is 6.93. The number of halogens is 2. The summed E-state index contributed by atoms with van der Waals surface area (Å²) in [5, 5.41) is 0.792. The van der Waals surface area contributed by atoms with Crippen molar-refractivity contribution in [1.82, 2.24) is 20.8 Å². The average molecular weight is 485 g/mol. The molecule has 170 valence electrons. The van der Waals surface area contributed by atoms with E-state index in [-0.39, 0.29) is 11.8 Å². The van der Waals surface area contributed by atoms with Crippen LogP contribution in [0.5, 0.6) is 5.75 Å². The quantitative estimate of drug-likeness (QED) is 0.531. The number of rotatable bonds is 3. The van der Waals surface area contributed by atoms with Gasteiger partial charge in [-0.25, -0.2) is 9.97 Å². The Kier molecular flexibility index (Phi) is 5.03. The van der Waals surface area contributed by atoms with Crippen molar-refractivity contribution in [3.63, 3.8) is 0 Å². The molecule has 7 nitrogen and oxygen atoms in total. The molecule has 0 radical (unpaired) electrons. The molecule has 2 unspecified atom stereocenters. The summed E-state index contributed by atoms with van der Waals surface area (Å²) in [6.45, 7) is 4.12. The van der Waals surface area contributed by atoms with E-state index < -0.39 is 16.7 Å². The van der Waals surface area contributed by atoms with Crippen LogP contribution in [0, 0.1) is 5.41 Å². The Morgan fingerprint density at radius 3 is 2.30 bits per heavy atom. The topological polar surface area (TPSA) is 93.2 Å². The smallest absolute Gasteiger partial charge is 0.269 e. The predicted molar refractivity (Wildman–Crippen MR) is 126 cm³/mol. The zero-order valence-electron chi connectivity index (χ0n) is 18.3. The number of nitrogens with one attached hydrogen (secondary N) is 2. The predicted octanol–water partition coefficient (Wildman–Crippen LogP) is 4.56. The van der Waals surface area contributed by atoms with E-state index in [1.54, 1.807) is 43.5 Å². The Morgan fingerprint density at radius 1 is 1.03 bits per heavy atom. The zero-order valence-corrected chi connectivity index (χ0v) is 19.8. The Morgan fingerprint density at radius 2 is 1.67 bits per heavy atom. The van der Waals surface area contributed by atoms with Gasteiger partial charge in [0.2, 0.25) is 0 Å². The van der Waals surface area contributed by atoms with Crippen molar-refractivity contribution >= 4 is 46.0 Å². The van der Waals surface area contributed by atoms with Gasteiger partial charge in [-0.15, -0.1) is 0 Å². The highest BCUT2D eigenvalue weighted by Crippen LogP contribution is 2.67. The molecule has 9 heteroatoms. The van der Waals surface area contributed by atoms with E-state index in [0.717, 1.165) is 12.1 Å². The van der Waals surface area contributed by atoms with Gasteiger partial charge in [0.1, 0.15) is 11.2 Å². The third kappa shape index (κ3) is 3.09. The summed E-state index contributed by atoms with van der Waals surface area (Å²) in [4.78, 5) is 35.9. The molecule has 33 heavy (non-hydrogen) atoms. The van der Waals surface area contributed by atoms with Crippen LogP contribution in [0.25, 0.3) is 11.0 Å². The molecule has 0 aliphatic heterocycles. The van der Waals surface area contributed by atoms with Gasteiger partial charge in [-0.3, -0.25) is 20.4 Å². The number of methoxy groups -OCH3 is 1. The van der Waals surface area contributed by atoms with E-state index in [4.69, 9.17) is 37.9 Å². The Labute approximate surface area is 200 Å². The van der Waals surface area contributed by atoms with Crippen LogP contribution in [0.2, 0.25) is 10.0 Å². The largest absolute Gasteiger partial charge is 0.497 e. The number of hydrogen-bond acceptors (Lipinski definition) is 5. The molecule has 2 amide bonds. The summed E-state index contributed by atoms with van der Waals surface area (Å²) in [6.07, 6.45) is 1.42. The van der Waals surface area contributed by atoms with Gasteiger partial charge in [-0.2, -0.15) is 0 Å². The minimum absolute atomic E-state index is 0.0712. The van der Waals surface area contributed by atoms with E-state index in [2.05, 4.69) is 24.7 Å². The summed E-state index contributed by atoms with van der Waals surface area (Å²) < 4.78 is 5.12. The van der Waals surface area contributed by atoms with Crippen molar-refractivity contribution < 1.29 is 14.3 Å². The van der Waals surface area contributed by atoms with E-state index >= 15 is 0 Å². The van der Waals surface area contributed by atoms with Gasteiger partial charge >= 0.3 is 0 Å². The van der Waals surface area contributed by atoms with E-state index in [0.29, 0.717) is 44.5 Å². The number of fused-ring (bicyclic) bond motifs is 6. The van der Waals surface area contributed by atoms with Crippen molar-refractivity contribution in [1.29, 1.82) is 0 Å². The molecular weight excluding hydrogens is 463 g/mol. The fraction of sp³-hybridized carbons (Fsp3) is 0.333. The first kappa shape index (κ1) is 21.9. The van der Waals surface area contributed by atoms with E-state index in [1.165, 1.54) is 0 Å². The zero-order chi connectivity index (χ0) is 23.5. The lowest BCUT2D eigenvalue weighted by Gasteiger charge is -2.36. The van der Waals surface area contributed by atoms with E-state index in [1.807, 2.05) is 0 Å². The van der Waals surface area contributed by atoms with Gasteiger partial charge in [0.25, 0.3) is 11.8 Å². The van der Waals surface area contributed by atoms with Crippen molar-refractivity contribution in [3.8, 4) is 5.75 Å². The SMILES string of the molecule is COc1ccc(C(=O)NNC(=O)C23CCC(c4nc5cc(Cl)c(Cl)cc5nc42)C3(C)C)cc1. The molecular formula is C24H22Cl2N4O3. The fourth-order valence-electron chi connectivity index (χ4n) is 5.41. The van der Waals surface area contributed by atoms with Crippen molar-refractivity contribution in [2.24, 2.45) is 5.41 Å². The first-order chi connectivity index (χ1) is 15.7. The highest BCUT2D eigenvalue weighted by atomic mass is 35.5. The normalized spacial score (nSPS) is 22.2. The van der Waals surface area contributed by atoms with Crippen molar-refractivity contribution in [2.45, 2.75) is 38.0 Å². The molecule has 1 heterocycles. The van der Waals surface area contributed by atoms with Gasteiger partial charge in [-0.1, -0.05) is 37.0 Å². The number of hydrazine groups is 1. The third-order valence-electron chi connectivity index (χ3n) is 7.28. The number of hydrogen-bond donors (Lipinski definition) is 2. The second kappa shape index (κ2) is 7.57. The molecule has 2 N–H and O–H groups in total. The van der Waals surface area contributed by atoms with Crippen LogP contribution in [-0.2, 0) is 10.2 Å². The van der Waals surface area contributed by atoms with E-state index in [9.17, 15) is 9.59 Å². The minimum atomic E-state index is -0.923. The molecule has 1 fully saturated rings.